The topological polar surface area (TPSA) is 46.3 Å². The predicted octanol–water partition coefficient (Wildman–Crippen LogP) is 2.86. The summed E-state index contributed by atoms with van der Waals surface area (Å²) in [5.41, 5.74) is 7.27. The Bertz CT molecular complexity index is 481. The quantitative estimate of drug-likeness (QED) is 0.860. The van der Waals surface area contributed by atoms with Crippen LogP contribution in [-0.4, -0.2) is 17.9 Å². The van der Waals surface area contributed by atoms with Crippen molar-refractivity contribution in [3.05, 3.63) is 29.8 Å². The van der Waals surface area contributed by atoms with Gasteiger partial charge in [-0.3, -0.25) is 4.79 Å². The van der Waals surface area contributed by atoms with Crippen LogP contribution in [0.15, 0.2) is 24.3 Å². The minimum Gasteiger partial charge on any atom is -0.389 e. The minimum atomic E-state index is 0.173. The Kier molecular flexibility index (Phi) is 4.53. The molecule has 2 N–H and O–H groups in total. The number of amides is 1. The predicted molar refractivity (Wildman–Crippen MR) is 82.3 cm³/mol. The number of anilines is 1. The number of hydrogen-bond acceptors (Lipinski definition) is 2. The van der Waals surface area contributed by atoms with E-state index in [1.165, 1.54) is 25.7 Å². The minimum absolute atomic E-state index is 0.173. The molecule has 0 saturated heterocycles. The second kappa shape index (κ2) is 6.15. The first-order valence-corrected chi connectivity index (χ1v) is 7.15. The van der Waals surface area contributed by atoms with E-state index >= 15 is 0 Å². The SMILES string of the molecule is CN(C(=O)CC1CCCC1)c1cccc(C(N)=S)c1. The van der Waals surface area contributed by atoms with E-state index in [4.69, 9.17) is 18.0 Å². The molecule has 1 aliphatic carbocycles. The monoisotopic (exact) mass is 276 g/mol. The van der Waals surface area contributed by atoms with Gasteiger partial charge in [-0.2, -0.15) is 0 Å². The molecule has 1 amide bonds. The van der Waals surface area contributed by atoms with Gasteiger partial charge in [-0.25, -0.2) is 0 Å². The molecule has 4 heteroatoms. The van der Waals surface area contributed by atoms with Gasteiger partial charge in [0.1, 0.15) is 4.99 Å². The van der Waals surface area contributed by atoms with E-state index in [1.54, 1.807) is 4.90 Å². The number of carbonyl (C=O) groups excluding carboxylic acids is 1. The lowest BCUT2D eigenvalue weighted by Crippen LogP contribution is -2.28. The molecule has 0 radical (unpaired) electrons. The summed E-state index contributed by atoms with van der Waals surface area (Å²) in [5.74, 6) is 0.737. The number of nitrogens with zero attached hydrogens (tertiary/aromatic N) is 1. The van der Waals surface area contributed by atoms with E-state index in [9.17, 15) is 4.79 Å². The largest absolute Gasteiger partial charge is 0.389 e. The highest BCUT2D eigenvalue weighted by Gasteiger charge is 2.21. The van der Waals surface area contributed by atoms with Gasteiger partial charge >= 0.3 is 0 Å². The van der Waals surface area contributed by atoms with Crippen molar-refractivity contribution in [1.29, 1.82) is 0 Å². The summed E-state index contributed by atoms with van der Waals surface area (Å²) in [6.07, 6.45) is 5.55. The van der Waals surface area contributed by atoms with Crippen molar-refractivity contribution in [2.24, 2.45) is 11.7 Å². The number of benzene rings is 1. The lowest BCUT2D eigenvalue weighted by Gasteiger charge is -2.20. The summed E-state index contributed by atoms with van der Waals surface area (Å²) in [7, 11) is 1.82. The average Bonchev–Trinajstić information content (AvgIpc) is 2.90. The number of nitrogens with two attached hydrogens (primary N) is 1. The summed E-state index contributed by atoms with van der Waals surface area (Å²) < 4.78 is 0. The molecule has 1 saturated carbocycles. The summed E-state index contributed by atoms with van der Waals surface area (Å²) in [6, 6.07) is 7.52. The zero-order chi connectivity index (χ0) is 13.8. The molecule has 0 aliphatic heterocycles. The second-order valence-electron chi connectivity index (χ2n) is 5.22. The van der Waals surface area contributed by atoms with Crippen LogP contribution in [0.2, 0.25) is 0 Å². The Balaban J connectivity index is 2.05. The first kappa shape index (κ1) is 14.0. The molecular formula is C15H20N2OS. The molecule has 0 spiro atoms. The van der Waals surface area contributed by atoms with Gasteiger partial charge in [0.2, 0.25) is 5.91 Å². The molecular weight excluding hydrogens is 256 g/mol. The standard InChI is InChI=1S/C15H20N2OS/c1-17(14(18)9-11-5-2-3-6-11)13-8-4-7-12(10-13)15(16)19/h4,7-8,10-11H,2-3,5-6,9H2,1H3,(H2,16,19). The maximum absolute atomic E-state index is 12.2. The fourth-order valence-electron chi connectivity index (χ4n) is 2.61. The van der Waals surface area contributed by atoms with Crippen LogP contribution in [0.5, 0.6) is 0 Å². The fraction of sp³-hybridized carbons (Fsp3) is 0.467. The molecule has 1 aromatic carbocycles. The molecule has 1 aliphatic rings. The summed E-state index contributed by atoms with van der Waals surface area (Å²) >= 11 is 4.96. The first-order valence-electron chi connectivity index (χ1n) is 6.74. The van der Waals surface area contributed by atoms with Gasteiger partial charge in [0.25, 0.3) is 0 Å². The summed E-state index contributed by atoms with van der Waals surface area (Å²) in [4.78, 5) is 14.3. The van der Waals surface area contributed by atoms with Crippen molar-refractivity contribution in [1.82, 2.24) is 0 Å². The van der Waals surface area contributed by atoms with Crippen molar-refractivity contribution in [3.63, 3.8) is 0 Å². The normalized spacial score (nSPS) is 15.4. The van der Waals surface area contributed by atoms with Gasteiger partial charge in [-0.05, 0) is 30.9 Å². The van der Waals surface area contributed by atoms with E-state index in [2.05, 4.69) is 0 Å². The molecule has 0 heterocycles. The van der Waals surface area contributed by atoms with Crippen LogP contribution in [0.1, 0.15) is 37.7 Å². The highest BCUT2D eigenvalue weighted by molar-refractivity contribution is 7.80. The van der Waals surface area contributed by atoms with Crippen molar-refractivity contribution >= 4 is 28.8 Å². The smallest absolute Gasteiger partial charge is 0.226 e. The molecule has 1 fully saturated rings. The van der Waals surface area contributed by atoms with Crippen molar-refractivity contribution in [3.8, 4) is 0 Å². The average molecular weight is 276 g/mol. The molecule has 0 aromatic heterocycles. The van der Waals surface area contributed by atoms with Crippen LogP contribution in [0, 0.1) is 5.92 Å². The molecule has 2 rings (SSSR count). The van der Waals surface area contributed by atoms with Crippen LogP contribution in [-0.2, 0) is 4.79 Å². The van der Waals surface area contributed by atoms with Gasteiger partial charge in [-0.15, -0.1) is 0 Å². The maximum atomic E-state index is 12.2. The van der Waals surface area contributed by atoms with Crippen LogP contribution >= 0.6 is 12.2 Å². The molecule has 1 aromatic rings. The molecule has 3 nitrogen and oxygen atoms in total. The Morgan fingerprint density at radius 1 is 1.42 bits per heavy atom. The fourth-order valence-corrected chi connectivity index (χ4v) is 2.74. The lowest BCUT2D eigenvalue weighted by molar-refractivity contribution is -0.119. The van der Waals surface area contributed by atoms with E-state index < -0.39 is 0 Å². The van der Waals surface area contributed by atoms with Crippen molar-refractivity contribution in [2.45, 2.75) is 32.1 Å². The highest BCUT2D eigenvalue weighted by atomic mass is 32.1. The number of rotatable bonds is 4. The Labute approximate surface area is 119 Å². The summed E-state index contributed by atoms with van der Waals surface area (Å²) in [6.45, 7) is 0. The molecule has 0 unspecified atom stereocenters. The third-order valence-electron chi connectivity index (χ3n) is 3.83. The zero-order valence-electron chi connectivity index (χ0n) is 11.3. The summed E-state index contributed by atoms with van der Waals surface area (Å²) in [5, 5.41) is 0. The number of carbonyl (C=O) groups is 1. The van der Waals surface area contributed by atoms with Crippen molar-refractivity contribution in [2.75, 3.05) is 11.9 Å². The number of thiocarbonyl (C=S) groups is 1. The third-order valence-corrected chi connectivity index (χ3v) is 4.07. The highest BCUT2D eigenvalue weighted by Crippen LogP contribution is 2.28. The van der Waals surface area contributed by atoms with E-state index in [0.29, 0.717) is 17.3 Å². The van der Waals surface area contributed by atoms with Crippen LogP contribution in [0.25, 0.3) is 0 Å². The molecule has 0 bridgehead atoms. The Hall–Kier alpha value is -1.42. The van der Waals surface area contributed by atoms with Gasteiger partial charge in [-0.1, -0.05) is 37.2 Å². The number of hydrogen-bond donors (Lipinski definition) is 1. The van der Waals surface area contributed by atoms with Gasteiger partial charge in [0.05, 0.1) is 0 Å². The Morgan fingerprint density at radius 3 is 2.74 bits per heavy atom. The maximum Gasteiger partial charge on any atom is 0.226 e. The van der Waals surface area contributed by atoms with Gasteiger partial charge in [0, 0.05) is 24.7 Å². The Morgan fingerprint density at radius 2 is 2.11 bits per heavy atom. The zero-order valence-corrected chi connectivity index (χ0v) is 12.1. The van der Waals surface area contributed by atoms with E-state index in [1.807, 2.05) is 31.3 Å². The second-order valence-corrected chi connectivity index (χ2v) is 5.66. The van der Waals surface area contributed by atoms with E-state index in [-0.39, 0.29) is 5.91 Å². The molecule has 19 heavy (non-hydrogen) atoms. The first-order chi connectivity index (χ1) is 9.08. The van der Waals surface area contributed by atoms with Crippen LogP contribution in [0.4, 0.5) is 5.69 Å². The van der Waals surface area contributed by atoms with Crippen LogP contribution < -0.4 is 10.6 Å². The van der Waals surface area contributed by atoms with Gasteiger partial charge in [0.15, 0.2) is 0 Å². The van der Waals surface area contributed by atoms with Gasteiger partial charge < -0.3 is 10.6 Å². The third kappa shape index (κ3) is 3.53. The van der Waals surface area contributed by atoms with E-state index in [0.717, 1.165) is 11.3 Å². The molecule has 0 atom stereocenters. The molecule has 102 valence electrons. The lowest BCUT2D eigenvalue weighted by atomic mass is 10.0. The van der Waals surface area contributed by atoms with Crippen molar-refractivity contribution < 1.29 is 4.79 Å². The van der Waals surface area contributed by atoms with Crippen LogP contribution in [0.3, 0.4) is 0 Å².